The van der Waals surface area contributed by atoms with Gasteiger partial charge in [-0.3, -0.25) is 0 Å². The Labute approximate surface area is 131 Å². The molecule has 0 N–H and O–H groups in total. The highest BCUT2D eigenvalue weighted by molar-refractivity contribution is 5.76. The van der Waals surface area contributed by atoms with Gasteiger partial charge in [0.15, 0.2) is 0 Å². The second-order valence-electron chi connectivity index (χ2n) is 5.13. The summed E-state index contributed by atoms with van der Waals surface area (Å²) in [5.41, 5.74) is 3.49. The zero-order valence-electron chi connectivity index (χ0n) is 12.6. The first-order chi connectivity index (χ1) is 10.9. The lowest BCUT2D eigenvalue weighted by molar-refractivity contribution is 0.372. The molecule has 3 rings (SSSR count). The van der Waals surface area contributed by atoms with E-state index in [1.54, 1.807) is 7.11 Å². The van der Waals surface area contributed by atoms with Crippen molar-refractivity contribution in [2.45, 2.75) is 6.54 Å². The molecule has 0 saturated carbocycles. The topological polar surface area (TPSA) is 14.2 Å². The highest BCUT2D eigenvalue weighted by atomic mass is 16.5. The molecule has 2 heteroatoms. The highest BCUT2D eigenvalue weighted by Gasteiger charge is 2.04. The van der Waals surface area contributed by atoms with Crippen LogP contribution in [-0.4, -0.2) is 11.7 Å². The van der Waals surface area contributed by atoms with Crippen molar-refractivity contribution in [3.8, 4) is 0 Å². The van der Waals surface area contributed by atoms with Gasteiger partial charge >= 0.3 is 0 Å². The Balaban J connectivity index is 1.89. The number of ether oxygens (including phenoxy) is 1. The Morgan fingerprint density at radius 1 is 0.909 bits per heavy atom. The van der Waals surface area contributed by atoms with Crippen LogP contribution < -0.4 is 0 Å². The summed E-state index contributed by atoms with van der Waals surface area (Å²) in [7, 11) is 1.71. The lowest BCUT2D eigenvalue weighted by atomic mass is 10.1. The number of nitrogens with zero attached hydrogens (tertiary/aromatic N) is 1. The average Bonchev–Trinajstić information content (AvgIpc) is 3.01. The molecule has 0 aliphatic carbocycles. The van der Waals surface area contributed by atoms with Gasteiger partial charge < -0.3 is 9.30 Å². The fourth-order valence-electron chi connectivity index (χ4n) is 2.48. The first-order valence-electron chi connectivity index (χ1n) is 7.37. The van der Waals surface area contributed by atoms with Crippen molar-refractivity contribution in [2.75, 3.05) is 7.11 Å². The Morgan fingerprint density at radius 2 is 1.59 bits per heavy atom. The van der Waals surface area contributed by atoms with E-state index in [0.29, 0.717) is 0 Å². The molecule has 1 heterocycles. The maximum Gasteiger partial charge on any atom is 0.128 e. The molecule has 22 heavy (non-hydrogen) atoms. The molecule has 3 aromatic rings. The molecule has 0 aliphatic rings. The molecule has 110 valence electrons. The summed E-state index contributed by atoms with van der Waals surface area (Å²) in [6, 6.07) is 24.8. The summed E-state index contributed by atoms with van der Waals surface area (Å²) in [5, 5.41) is 0. The number of rotatable bonds is 5. The molecule has 0 atom stereocenters. The molecule has 0 fully saturated rings. The van der Waals surface area contributed by atoms with E-state index in [1.165, 1.54) is 5.56 Å². The van der Waals surface area contributed by atoms with Crippen LogP contribution in [0.15, 0.2) is 79.0 Å². The number of hydrogen-bond acceptors (Lipinski definition) is 1. The van der Waals surface area contributed by atoms with Crippen molar-refractivity contribution in [3.05, 3.63) is 95.8 Å². The van der Waals surface area contributed by atoms with Crippen molar-refractivity contribution < 1.29 is 4.74 Å². The Morgan fingerprint density at radius 3 is 2.27 bits per heavy atom. The molecule has 0 amide bonds. The fraction of sp³-hybridized carbons (Fsp3) is 0.100. The summed E-state index contributed by atoms with van der Waals surface area (Å²) in [6.07, 6.45) is 4.18. The van der Waals surface area contributed by atoms with Crippen LogP contribution >= 0.6 is 0 Å². The zero-order valence-corrected chi connectivity index (χ0v) is 12.6. The fourth-order valence-corrected chi connectivity index (χ4v) is 2.48. The molecule has 0 bridgehead atoms. The van der Waals surface area contributed by atoms with E-state index in [9.17, 15) is 0 Å². The largest absolute Gasteiger partial charge is 0.496 e. The van der Waals surface area contributed by atoms with Crippen molar-refractivity contribution in [3.63, 3.8) is 0 Å². The molecular weight excluding hydrogens is 270 g/mol. The maximum absolute atomic E-state index is 5.56. The van der Waals surface area contributed by atoms with Crippen LogP contribution in [0.25, 0.3) is 11.8 Å². The molecule has 0 radical (unpaired) electrons. The van der Waals surface area contributed by atoms with Gasteiger partial charge in [0.2, 0.25) is 0 Å². The van der Waals surface area contributed by atoms with Gasteiger partial charge in [0.1, 0.15) is 5.76 Å². The van der Waals surface area contributed by atoms with Gasteiger partial charge in [-0.1, -0.05) is 60.7 Å². The van der Waals surface area contributed by atoms with Crippen LogP contribution in [0.5, 0.6) is 0 Å². The molecule has 1 aromatic heterocycles. The quantitative estimate of drug-likeness (QED) is 0.622. The predicted molar refractivity (Wildman–Crippen MR) is 91.3 cm³/mol. The molecule has 0 aliphatic heterocycles. The Kier molecular flexibility index (Phi) is 4.40. The van der Waals surface area contributed by atoms with E-state index in [0.717, 1.165) is 23.6 Å². The summed E-state index contributed by atoms with van der Waals surface area (Å²) in [6.45, 7) is 0.853. The lowest BCUT2D eigenvalue weighted by Crippen LogP contribution is -2.00. The van der Waals surface area contributed by atoms with E-state index >= 15 is 0 Å². The summed E-state index contributed by atoms with van der Waals surface area (Å²) < 4.78 is 7.78. The molecule has 2 aromatic carbocycles. The first kappa shape index (κ1) is 14.2. The van der Waals surface area contributed by atoms with E-state index < -0.39 is 0 Å². The van der Waals surface area contributed by atoms with Crippen LogP contribution in [-0.2, 0) is 11.3 Å². The van der Waals surface area contributed by atoms with E-state index in [-0.39, 0.29) is 0 Å². The molecule has 0 unspecified atom stereocenters. The molecule has 0 spiro atoms. The third-order valence-corrected chi connectivity index (χ3v) is 3.62. The molecule has 2 nitrogen and oxygen atoms in total. The van der Waals surface area contributed by atoms with Gasteiger partial charge in [-0.25, -0.2) is 0 Å². The Bertz CT molecular complexity index is 742. The first-order valence-corrected chi connectivity index (χ1v) is 7.37. The van der Waals surface area contributed by atoms with Gasteiger partial charge in [-0.2, -0.15) is 0 Å². The SMILES string of the molecule is CO/C(=C\c1cccn1Cc1ccccc1)c1ccccc1. The van der Waals surface area contributed by atoms with Crippen LogP contribution in [0.2, 0.25) is 0 Å². The van der Waals surface area contributed by atoms with Gasteiger partial charge in [-0.05, 0) is 17.7 Å². The Hall–Kier alpha value is -2.74. The number of aromatic nitrogens is 1. The smallest absolute Gasteiger partial charge is 0.128 e. The van der Waals surface area contributed by atoms with Crippen molar-refractivity contribution in [1.82, 2.24) is 4.57 Å². The van der Waals surface area contributed by atoms with Crippen molar-refractivity contribution >= 4 is 11.8 Å². The highest BCUT2D eigenvalue weighted by Crippen LogP contribution is 2.19. The third-order valence-electron chi connectivity index (χ3n) is 3.62. The van der Waals surface area contributed by atoms with Crippen molar-refractivity contribution in [1.29, 1.82) is 0 Å². The van der Waals surface area contributed by atoms with E-state index in [4.69, 9.17) is 4.74 Å². The predicted octanol–water partition coefficient (Wildman–Crippen LogP) is 4.68. The van der Waals surface area contributed by atoms with Crippen LogP contribution in [0.1, 0.15) is 16.8 Å². The van der Waals surface area contributed by atoms with Crippen LogP contribution in [0.3, 0.4) is 0 Å². The average molecular weight is 289 g/mol. The monoisotopic (exact) mass is 289 g/mol. The summed E-state index contributed by atoms with van der Waals surface area (Å²) >= 11 is 0. The second kappa shape index (κ2) is 6.81. The number of benzene rings is 2. The summed E-state index contributed by atoms with van der Waals surface area (Å²) in [4.78, 5) is 0. The van der Waals surface area contributed by atoms with Crippen LogP contribution in [0.4, 0.5) is 0 Å². The molecular formula is C20H19NO. The minimum atomic E-state index is 0.853. The number of methoxy groups -OCH3 is 1. The summed E-state index contributed by atoms with van der Waals surface area (Å²) in [5.74, 6) is 0.869. The van der Waals surface area contributed by atoms with Gasteiger partial charge in [0.25, 0.3) is 0 Å². The molecule has 0 saturated heterocycles. The third kappa shape index (κ3) is 3.29. The maximum atomic E-state index is 5.56. The normalized spacial score (nSPS) is 11.4. The van der Waals surface area contributed by atoms with E-state index in [2.05, 4.69) is 65.4 Å². The lowest BCUT2D eigenvalue weighted by Gasteiger charge is -2.10. The minimum absolute atomic E-state index is 0.853. The van der Waals surface area contributed by atoms with Gasteiger partial charge in [0.05, 0.1) is 7.11 Å². The number of hydrogen-bond donors (Lipinski definition) is 0. The van der Waals surface area contributed by atoms with Crippen LogP contribution in [0, 0.1) is 0 Å². The van der Waals surface area contributed by atoms with Gasteiger partial charge in [0, 0.05) is 30.1 Å². The van der Waals surface area contributed by atoms with E-state index in [1.807, 2.05) is 24.3 Å². The zero-order chi connectivity index (χ0) is 15.2. The minimum Gasteiger partial charge on any atom is -0.496 e. The standard InChI is InChI=1S/C20H19NO/c1-22-20(18-11-6-3-7-12-18)15-19-13-8-14-21(19)16-17-9-4-2-5-10-17/h2-15H,16H2,1H3/b20-15-. The second-order valence-corrected chi connectivity index (χ2v) is 5.13. The van der Waals surface area contributed by atoms with Gasteiger partial charge in [-0.15, -0.1) is 0 Å². The van der Waals surface area contributed by atoms with Crippen molar-refractivity contribution in [2.24, 2.45) is 0 Å².